The van der Waals surface area contributed by atoms with E-state index in [4.69, 9.17) is 5.73 Å². The second kappa shape index (κ2) is 18.3. The monoisotopic (exact) mass is 660 g/mol. The van der Waals surface area contributed by atoms with Gasteiger partial charge in [0.05, 0.1) is 0 Å². The van der Waals surface area contributed by atoms with Crippen LogP contribution < -0.4 is 5.73 Å². The summed E-state index contributed by atoms with van der Waals surface area (Å²) in [6.45, 7) is 6.29. The maximum absolute atomic E-state index is 13.6. The quantitative estimate of drug-likeness (QED) is 0.116. The third-order valence-corrected chi connectivity index (χ3v) is 9.37. The summed E-state index contributed by atoms with van der Waals surface area (Å²) < 4.78 is 54.4. The molecule has 0 unspecified atom stereocenters. The van der Waals surface area contributed by atoms with Crippen LogP contribution in [0.2, 0.25) is 0 Å². The molecule has 0 amide bonds. The molecule has 0 atom stereocenters. The summed E-state index contributed by atoms with van der Waals surface area (Å²) in [4.78, 5) is 7.33. The normalized spacial score (nSPS) is 16.7. The Balaban J connectivity index is 1.22. The first-order valence-electron chi connectivity index (χ1n) is 17.2. The molecular formula is C40H48F4N4. The summed E-state index contributed by atoms with van der Waals surface area (Å²) in [5.41, 5.74) is 10.4. The van der Waals surface area contributed by atoms with Crippen molar-refractivity contribution in [3.8, 4) is 0 Å². The third-order valence-electron chi connectivity index (χ3n) is 9.37. The molecule has 4 aromatic carbocycles. The van der Waals surface area contributed by atoms with Gasteiger partial charge in [0.2, 0.25) is 0 Å². The zero-order valence-corrected chi connectivity index (χ0v) is 27.7. The Morgan fingerprint density at radius 3 is 1.02 bits per heavy atom. The first-order valence-corrected chi connectivity index (χ1v) is 17.2. The molecule has 4 aromatic rings. The van der Waals surface area contributed by atoms with Gasteiger partial charge < -0.3 is 10.6 Å². The molecule has 0 spiro atoms. The number of nitrogens with zero attached hydrogens (tertiary/aromatic N) is 3. The van der Waals surface area contributed by atoms with Gasteiger partial charge in [-0.15, -0.1) is 0 Å². The molecule has 256 valence electrons. The smallest absolute Gasteiger partial charge is 0.123 e. The lowest BCUT2D eigenvalue weighted by Gasteiger charge is -2.37. The molecule has 2 N–H and O–H groups in total. The molecule has 0 heterocycles. The third kappa shape index (κ3) is 11.8. The van der Waals surface area contributed by atoms with Crippen molar-refractivity contribution in [3.05, 3.63) is 143 Å². The van der Waals surface area contributed by atoms with Crippen LogP contribution in [0.5, 0.6) is 0 Å². The first-order chi connectivity index (χ1) is 23.3. The zero-order valence-electron chi connectivity index (χ0n) is 27.7. The number of halogens is 4. The molecule has 1 saturated carbocycles. The van der Waals surface area contributed by atoms with Crippen LogP contribution in [0.15, 0.2) is 97.1 Å². The standard InChI is InChI=1S/C40H48F4N4/c41-35-11-3-31(4-12-35)27-46(28-32-5-13-36(42)14-6-32)23-1-25-48(40-21-19-39(45)20-22-40)26-2-24-47(29-33-7-15-37(43)16-8-33)30-34-9-17-38(44)18-10-34/h3-18,39-40H,1-2,19-30,45H2. The molecule has 8 heteroatoms. The van der Waals surface area contributed by atoms with E-state index in [1.165, 1.54) is 48.5 Å². The zero-order chi connectivity index (χ0) is 33.7. The van der Waals surface area contributed by atoms with Crippen molar-refractivity contribution in [2.24, 2.45) is 5.73 Å². The summed E-state index contributed by atoms with van der Waals surface area (Å²) in [6.07, 6.45) is 6.16. The van der Waals surface area contributed by atoms with Gasteiger partial charge in [-0.2, -0.15) is 0 Å². The average Bonchev–Trinajstić information content (AvgIpc) is 3.08. The highest BCUT2D eigenvalue weighted by Crippen LogP contribution is 2.23. The van der Waals surface area contributed by atoms with Gasteiger partial charge in [0.1, 0.15) is 23.3 Å². The molecule has 1 fully saturated rings. The second-order valence-corrected chi connectivity index (χ2v) is 13.2. The van der Waals surface area contributed by atoms with Crippen molar-refractivity contribution in [2.75, 3.05) is 26.2 Å². The van der Waals surface area contributed by atoms with Crippen molar-refractivity contribution in [1.29, 1.82) is 0 Å². The van der Waals surface area contributed by atoms with E-state index in [-0.39, 0.29) is 29.3 Å². The van der Waals surface area contributed by atoms with Crippen LogP contribution in [0.1, 0.15) is 60.8 Å². The summed E-state index contributed by atoms with van der Waals surface area (Å²) in [6, 6.07) is 27.3. The number of benzene rings is 4. The molecule has 0 aromatic heterocycles. The molecule has 4 nitrogen and oxygen atoms in total. The topological polar surface area (TPSA) is 35.7 Å². The minimum Gasteiger partial charge on any atom is -0.328 e. The molecule has 0 saturated heterocycles. The van der Waals surface area contributed by atoms with E-state index in [0.29, 0.717) is 32.2 Å². The van der Waals surface area contributed by atoms with Gasteiger partial charge in [0.15, 0.2) is 0 Å². The van der Waals surface area contributed by atoms with Crippen LogP contribution in [0, 0.1) is 23.3 Å². The van der Waals surface area contributed by atoms with E-state index >= 15 is 0 Å². The predicted molar refractivity (Wildman–Crippen MR) is 185 cm³/mol. The first kappa shape index (κ1) is 35.7. The highest BCUT2D eigenvalue weighted by molar-refractivity contribution is 5.20. The molecule has 48 heavy (non-hydrogen) atoms. The van der Waals surface area contributed by atoms with Crippen molar-refractivity contribution < 1.29 is 17.6 Å². The fourth-order valence-electron chi connectivity index (χ4n) is 6.76. The van der Waals surface area contributed by atoms with Gasteiger partial charge >= 0.3 is 0 Å². The van der Waals surface area contributed by atoms with Crippen LogP contribution in [-0.4, -0.2) is 53.0 Å². The summed E-state index contributed by atoms with van der Waals surface area (Å²) in [5, 5.41) is 0. The highest BCUT2D eigenvalue weighted by Gasteiger charge is 2.24. The van der Waals surface area contributed by atoms with E-state index in [0.717, 1.165) is 87.0 Å². The fraction of sp³-hybridized carbons (Fsp3) is 0.400. The van der Waals surface area contributed by atoms with Crippen molar-refractivity contribution in [1.82, 2.24) is 14.7 Å². The average molecular weight is 661 g/mol. The van der Waals surface area contributed by atoms with Gasteiger partial charge in [-0.3, -0.25) is 9.80 Å². The summed E-state index contributed by atoms with van der Waals surface area (Å²) >= 11 is 0. The van der Waals surface area contributed by atoms with Gasteiger partial charge in [-0.25, -0.2) is 17.6 Å². The van der Waals surface area contributed by atoms with E-state index < -0.39 is 0 Å². The van der Waals surface area contributed by atoms with Gasteiger partial charge in [-0.1, -0.05) is 48.5 Å². The Morgan fingerprint density at radius 1 is 0.438 bits per heavy atom. The maximum Gasteiger partial charge on any atom is 0.123 e. The number of nitrogens with two attached hydrogens (primary N) is 1. The van der Waals surface area contributed by atoms with Gasteiger partial charge in [0.25, 0.3) is 0 Å². The largest absolute Gasteiger partial charge is 0.328 e. The van der Waals surface area contributed by atoms with Crippen LogP contribution in [-0.2, 0) is 26.2 Å². The SMILES string of the molecule is NC1CCC(N(CCCN(Cc2ccc(F)cc2)Cc2ccc(F)cc2)CCCN(Cc2ccc(F)cc2)Cc2ccc(F)cc2)CC1. The van der Waals surface area contributed by atoms with Crippen molar-refractivity contribution in [2.45, 2.75) is 76.8 Å². The lowest BCUT2D eigenvalue weighted by molar-refractivity contribution is 0.128. The van der Waals surface area contributed by atoms with Crippen LogP contribution in [0.3, 0.4) is 0 Å². The second-order valence-electron chi connectivity index (χ2n) is 13.2. The van der Waals surface area contributed by atoms with Crippen LogP contribution >= 0.6 is 0 Å². The Bertz CT molecular complexity index is 1290. The Morgan fingerprint density at radius 2 is 0.729 bits per heavy atom. The highest BCUT2D eigenvalue weighted by atomic mass is 19.1. The van der Waals surface area contributed by atoms with Gasteiger partial charge in [-0.05, 0) is 122 Å². The maximum atomic E-state index is 13.6. The minimum atomic E-state index is -0.249. The minimum absolute atomic E-state index is 0.249. The van der Waals surface area contributed by atoms with Crippen molar-refractivity contribution in [3.63, 3.8) is 0 Å². The Hall–Kier alpha value is -3.56. The van der Waals surface area contributed by atoms with Crippen LogP contribution in [0.25, 0.3) is 0 Å². The number of hydrogen-bond donors (Lipinski definition) is 1. The Kier molecular flexibility index (Phi) is 13.6. The predicted octanol–water partition coefficient (Wildman–Crippen LogP) is 8.30. The van der Waals surface area contributed by atoms with E-state index in [1.54, 1.807) is 0 Å². The number of hydrogen-bond acceptors (Lipinski definition) is 4. The van der Waals surface area contributed by atoms with E-state index in [2.05, 4.69) is 14.7 Å². The van der Waals surface area contributed by atoms with Gasteiger partial charge in [0, 0.05) is 51.4 Å². The molecular weight excluding hydrogens is 612 g/mol. The van der Waals surface area contributed by atoms with Crippen molar-refractivity contribution >= 4 is 0 Å². The lowest BCUT2D eigenvalue weighted by atomic mass is 9.90. The molecule has 1 aliphatic rings. The molecule has 0 radical (unpaired) electrons. The molecule has 0 bridgehead atoms. The molecule has 5 rings (SSSR count). The lowest BCUT2D eigenvalue weighted by Crippen LogP contribution is -2.43. The fourth-order valence-corrected chi connectivity index (χ4v) is 6.76. The Labute approximate surface area is 283 Å². The van der Waals surface area contributed by atoms with E-state index in [1.807, 2.05) is 48.5 Å². The van der Waals surface area contributed by atoms with E-state index in [9.17, 15) is 17.6 Å². The molecule has 1 aliphatic carbocycles. The number of rotatable bonds is 17. The summed E-state index contributed by atoms with van der Waals surface area (Å²) in [5.74, 6) is -0.998. The molecule has 0 aliphatic heterocycles. The van der Waals surface area contributed by atoms with Crippen LogP contribution in [0.4, 0.5) is 17.6 Å². The summed E-state index contributed by atoms with van der Waals surface area (Å²) in [7, 11) is 0.